The summed E-state index contributed by atoms with van der Waals surface area (Å²) in [6, 6.07) is 4.06. The molecule has 5 heteroatoms. The van der Waals surface area contributed by atoms with E-state index in [1.165, 1.54) is 5.56 Å². The lowest BCUT2D eigenvalue weighted by atomic mass is 10.2. The van der Waals surface area contributed by atoms with Crippen LogP contribution >= 0.6 is 22.9 Å². The smallest absolute Gasteiger partial charge is 0.0941 e. The maximum atomic E-state index is 5.74. The van der Waals surface area contributed by atoms with Gasteiger partial charge in [-0.15, -0.1) is 22.9 Å². The summed E-state index contributed by atoms with van der Waals surface area (Å²) in [5.41, 5.74) is 2.21. The maximum absolute atomic E-state index is 5.74. The number of nitrogens with zero attached hydrogens (tertiary/aromatic N) is 3. The van der Waals surface area contributed by atoms with Crippen molar-refractivity contribution in [3.8, 4) is 0 Å². The Balaban J connectivity index is 1.79. The molecule has 2 aromatic rings. The molecule has 0 bridgehead atoms. The Kier molecular flexibility index (Phi) is 5.11. The topological polar surface area (TPSA) is 29.0 Å². The second kappa shape index (κ2) is 6.83. The Morgan fingerprint density at radius 3 is 3.00 bits per heavy atom. The molecule has 0 aromatic carbocycles. The number of rotatable bonds is 6. The highest BCUT2D eigenvalue weighted by atomic mass is 35.5. The van der Waals surface area contributed by atoms with Crippen LogP contribution in [0.15, 0.2) is 29.9 Å². The number of hydrogen-bond donors (Lipinski definition) is 0. The predicted octanol–water partition coefficient (Wildman–Crippen LogP) is 2.95. The quantitative estimate of drug-likeness (QED) is 0.763. The number of likely N-dealkylation sites (N-methyl/N-ethyl adjacent to an activating group) is 1. The maximum Gasteiger partial charge on any atom is 0.0941 e. The molecule has 96 valence electrons. The van der Waals surface area contributed by atoms with E-state index in [-0.39, 0.29) is 0 Å². The monoisotopic (exact) mass is 281 g/mol. The zero-order chi connectivity index (χ0) is 12.8. The van der Waals surface area contributed by atoms with Crippen LogP contribution in [0.2, 0.25) is 0 Å². The van der Waals surface area contributed by atoms with Crippen molar-refractivity contribution in [3.63, 3.8) is 0 Å². The SMILES string of the molecule is CN(CCc1nc(CCl)cs1)Cc1cccnc1. The molecular formula is C13H16ClN3S. The lowest BCUT2D eigenvalue weighted by Crippen LogP contribution is -2.20. The van der Waals surface area contributed by atoms with Crippen LogP contribution in [0.25, 0.3) is 0 Å². The van der Waals surface area contributed by atoms with Crippen LogP contribution in [0.1, 0.15) is 16.3 Å². The summed E-state index contributed by atoms with van der Waals surface area (Å²) in [4.78, 5) is 10.9. The fourth-order valence-electron chi connectivity index (χ4n) is 1.69. The van der Waals surface area contributed by atoms with E-state index in [0.29, 0.717) is 5.88 Å². The van der Waals surface area contributed by atoms with Gasteiger partial charge in [0.2, 0.25) is 0 Å². The van der Waals surface area contributed by atoms with Gasteiger partial charge in [-0.2, -0.15) is 0 Å². The molecule has 2 heterocycles. The van der Waals surface area contributed by atoms with Crippen molar-refractivity contribution in [2.75, 3.05) is 13.6 Å². The summed E-state index contributed by atoms with van der Waals surface area (Å²) in [6.45, 7) is 1.91. The van der Waals surface area contributed by atoms with E-state index in [2.05, 4.69) is 28.0 Å². The Morgan fingerprint density at radius 2 is 2.33 bits per heavy atom. The minimum atomic E-state index is 0.502. The highest BCUT2D eigenvalue weighted by Gasteiger charge is 2.04. The van der Waals surface area contributed by atoms with Gasteiger partial charge < -0.3 is 4.90 Å². The third-order valence-electron chi connectivity index (χ3n) is 2.62. The number of thiazole rings is 1. The molecule has 0 aliphatic rings. The molecule has 0 N–H and O–H groups in total. The number of alkyl halides is 1. The summed E-state index contributed by atoms with van der Waals surface area (Å²) in [7, 11) is 2.11. The fourth-order valence-corrected chi connectivity index (χ4v) is 2.71. The second-order valence-electron chi connectivity index (χ2n) is 4.22. The van der Waals surface area contributed by atoms with E-state index >= 15 is 0 Å². The largest absolute Gasteiger partial charge is 0.302 e. The van der Waals surface area contributed by atoms with Crippen LogP contribution in [0.5, 0.6) is 0 Å². The molecule has 0 aliphatic heterocycles. The molecule has 2 aromatic heterocycles. The number of aromatic nitrogens is 2. The highest BCUT2D eigenvalue weighted by molar-refractivity contribution is 7.09. The minimum Gasteiger partial charge on any atom is -0.302 e. The average Bonchev–Trinajstić information content (AvgIpc) is 2.85. The lowest BCUT2D eigenvalue weighted by molar-refractivity contribution is 0.330. The first-order valence-electron chi connectivity index (χ1n) is 5.84. The molecule has 0 spiro atoms. The molecule has 0 aliphatic carbocycles. The van der Waals surface area contributed by atoms with Crippen molar-refractivity contribution in [2.24, 2.45) is 0 Å². The number of hydrogen-bond acceptors (Lipinski definition) is 4. The van der Waals surface area contributed by atoms with Gasteiger partial charge in [-0.3, -0.25) is 4.98 Å². The van der Waals surface area contributed by atoms with Crippen LogP contribution in [-0.4, -0.2) is 28.5 Å². The van der Waals surface area contributed by atoms with E-state index in [1.54, 1.807) is 17.5 Å². The van der Waals surface area contributed by atoms with Gasteiger partial charge in [-0.1, -0.05) is 6.07 Å². The molecular weight excluding hydrogens is 266 g/mol. The molecule has 0 fully saturated rings. The van der Waals surface area contributed by atoms with Gasteiger partial charge in [-0.05, 0) is 18.7 Å². The normalized spacial score (nSPS) is 11.1. The molecule has 0 amide bonds. The first-order valence-corrected chi connectivity index (χ1v) is 7.26. The van der Waals surface area contributed by atoms with Crippen molar-refractivity contribution in [1.82, 2.24) is 14.9 Å². The third-order valence-corrected chi connectivity index (χ3v) is 3.85. The number of pyridine rings is 1. The van der Waals surface area contributed by atoms with E-state index in [1.807, 2.05) is 17.6 Å². The molecule has 0 unspecified atom stereocenters. The first kappa shape index (κ1) is 13.5. The summed E-state index contributed by atoms with van der Waals surface area (Å²) in [6.07, 6.45) is 4.68. The van der Waals surface area contributed by atoms with Crippen molar-refractivity contribution in [1.29, 1.82) is 0 Å². The third kappa shape index (κ3) is 4.05. The lowest BCUT2D eigenvalue weighted by Gasteiger charge is -2.15. The number of halogens is 1. The summed E-state index contributed by atoms with van der Waals surface area (Å²) < 4.78 is 0. The summed E-state index contributed by atoms with van der Waals surface area (Å²) in [5, 5.41) is 3.19. The van der Waals surface area contributed by atoms with Gasteiger partial charge in [-0.25, -0.2) is 4.98 Å². The second-order valence-corrected chi connectivity index (χ2v) is 5.43. The van der Waals surface area contributed by atoms with E-state index in [0.717, 1.165) is 30.2 Å². The Labute approximate surface area is 116 Å². The van der Waals surface area contributed by atoms with Gasteiger partial charge in [0, 0.05) is 37.3 Å². The van der Waals surface area contributed by atoms with Crippen molar-refractivity contribution in [3.05, 3.63) is 46.2 Å². The molecule has 0 radical (unpaired) electrons. The standard InChI is InChI=1S/C13H16ClN3S/c1-17(9-11-3-2-5-15-8-11)6-4-13-16-12(7-14)10-18-13/h2-3,5,8,10H,4,6-7,9H2,1H3. The minimum absolute atomic E-state index is 0.502. The fraction of sp³-hybridized carbons (Fsp3) is 0.385. The molecule has 0 saturated heterocycles. The van der Waals surface area contributed by atoms with Gasteiger partial charge in [0.1, 0.15) is 0 Å². The Hall–Kier alpha value is -0.970. The Bertz CT molecular complexity index is 472. The van der Waals surface area contributed by atoms with Gasteiger partial charge in [0.15, 0.2) is 0 Å². The van der Waals surface area contributed by atoms with Crippen LogP contribution in [0.4, 0.5) is 0 Å². The van der Waals surface area contributed by atoms with Crippen molar-refractivity contribution >= 4 is 22.9 Å². The summed E-state index contributed by atoms with van der Waals surface area (Å²) in [5.74, 6) is 0.502. The molecule has 18 heavy (non-hydrogen) atoms. The zero-order valence-electron chi connectivity index (χ0n) is 10.3. The first-order chi connectivity index (χ1) is 8.78. The average molecular weight is 282 g/mol. The van der Waals surface area contributed by atoms with Gasteiger partial charge in [0.05, 0.1) is 16.6 Å². The highest BCUT2D eigenvalue weighted by Crippen LogP contribution is 2.12. The van der Waals surface area contributed by atoms with E-state index in [4.69, 9.17) is 11.6 Å². The predicted molar refractivity (Wildman–Crippen MR) is 75.9 cm³/mol. The summed E-state index contributed by atoms with van der Waals surface area (Å²) >= 11 is 7.42. The molecule has 3 nitrogen and oxygen atoms in total. The van der Waals surface area contributed by atoms with E-state index < -0.39 is 0 Å². The van der Waals surface area contributed by atoms with Crippen molar-refractivity contribution < 1.29 is 0 Å². The van der Waals surface area contributed by atoms with Gasteiger partial charge in [0.25, 0.3) is 0 Å². The van der Waals surface area contributed by atoms with Crippen LogP contribution in [-0.2, 0) is 18.8 Å². The Morgan fingerprint density at radius 1 is 1.44 bits per heavy atom. The zero-order valence-corrected chi connectivity index (χ0v) is 11.9. The van der Waals surface area contributed by atoms with Crippen LogP contribution in [0.3, 0.4) is 0 Å². The van der Waals surface area contributed by atoms with Crippen LogP contribution in [0, 0.1) is 0 Å². The van der Waals surface area contributed by atoms with Gasteiger partial charge >= 0.3 is 0 Å². The van der Waals surface area contributed by atoms with Crippen molar-refractivity contribution in [2.45, 2.75) is 18.8 Å². The molecule has 0 saturated carbocycles. The van der Waals surface area contributed by atoms with E-state index in [9.17, 15) is 0 Å². The molecule has 2 rings (SSSR count). The van der Waals surface area contributed by atoms with Crippen LogP contribution < -0.4 is 0 Å². The molecule has 0 atom stereocenters.